The Bertz CT molecular complexity index is 870. The van der Waals surface area contributed by atoms with Gasteiger partial charge in [-0.3, -0.25) is 4.79 Å². The number of halogens is 1. The summed E-state index contributed by atoms with van der Waals surface area (Å²) in [6.07, 6.45) is 6.56. The van der Waals surface area contributed by atoms with Crippen molar-refractivity contribution in [1.82, 2.24) is 10.2 Å². The fraction of sp³-hybridized carbons (Fsp3) is 0.423. The number of Topliss-reactive ketones (excluding diaryl/α,β-unsaturated/α-hetero) is 1. The van der Waals surface area contributed by atoms with Crippen LogP contribution in [-0.4, -0.2) is 36.9 Å². The molecule has 0 atom stereocenters. The number of nitrogens with one attached hydrogen (secondary N) is 2. The van der Waals surface area contributed by atoms with Crippen LogP contribution in [0.5, 0.6) is 0 Å². The van der Waals surface area contributed by atoms with Crippen molar-refractivity contribution in [2.45, 2.75) is 39.5 Å². The van der Waals surface area contributed by atoms with Crippen LogP contribution < -0.4 is 10.6 Å². The molecule has 0 aromatic heterocycles. The number of allylic oxidation sites excluding steroid dienone is 1. The van der Waals surface area contributed by atoms with Crippen molar-refractivity contribution in [3.8, 4) is 0 Å². The van der Waals surface area contributed by atoms with E-state index >= 15 is 0 Å². The molecule has 2 aromatic carbocycles. The summed E-state index contributed by atoms with van der Waals surface area (Å²) in [5, 5.41) is 6.82. The molecule has 0 saturated carbocycles. The Kier molecular flexibility index (Phi) is 8.65. The molecular weight excluding hydrogens is 389 g/mol. The molecule has 0 unspecified atom stereocenters. The fourth-order valence-corrected chi connectivity index (χ4v) is 4.08. The average Bonchev–Trinajstić information content (AvgIpc) is 2.78. The maximum atomic E-state index is 13.1. The van der Waals surface area contributed by atoms with E-state index in [-0.39, 0.29) is 11.6 Å². The SMILES string of the molecule is CC=C(NCCCN1CCC(Cc2ccc(F)cc2)CC1)Nc1cccc(C(C)=O)c1. The topological polar surface area (TPSA) is 44.4 Å². The first-order chi connectivity index (χ1) is 15.0. The Hall–Kier alpha value is -2.66. The lowest BCUT2D eigenvalue weighted by Gasteiger charge is -2.32. The quantitative estimate of drug-likeness (QED) is 0.405. The van der Waals surface area contributed by atoms with Gasteiger partial charge in [-0.1, -0.05) is 24.3 Å². The number of nitrogens with zero attached hydrogens (tertiary/aromatic N) is 1. The molecule has 0 amide bonds. The maximum absolute atomic E-state index is 13.1. The van der Waals surface area contributed by atoms with Gasteiger partial charge in [-0.2, -0.15) is 0 Å². The van der Waals surface area contributed by atoms with Crippen LogP contribution in [0.25, 0.3) is 0 Å². The molecule has 1 fully saturated rings. The monoisotopic (exact) mass is 423 g/mol. The molecule has 3 rings (SSSR count). The van der Waals surface area contributed by atoms with E-state index in [1.807, 2.05) is 49.4 Å². The minimum absolute atomic E-state index is 0.0695. The zero-order valence-electron chi connectivity index (χ0n) is 18.7. The van der Waals surface area contributed by atoms with Crippen molar-refractivity contribution >= 4 is 11.5 Å². The number of piperidine rings is 1. The molecule has 0 radical (unpaired) electrons. The molecule has 0 spiro atoms. The van der Waals surface area contributed by atoms with Gasteiger partial charge in [0.1, 0.15) is 5.82 Å². The van der Waals surface area contributed by atoms with Gasteiger partial charge in [0.15, 0.2) is 5.78 Å². The minimum Gasteiger partial charge on any atom is -0.372 e. The maximum Gasteiger partial charge on any atom is 0.159 e. The van der Waals surface area contributed by atoms with Crippen molar-refractivity contribution in [3.05, 3.63) is 77.4 Å². The zero-order valence-corrected chi connectivity index (χ0v) is 18.7. The van der Waals surface area contributed by atoms with Gasteiger partial charge in [-0.05, 0) is 101 Å². The van der Waals surface area contributed by atoms with Crippen LogP contribution in [0.15, 0.2) is 60.4 Å². The Morgan fingerprint density at radius 1 is 1.16 bits per heavy atom. The third kappa shape index (κ3) is 7.51. The van der Waals surface area contributed by atoms with Gasteiger partial charge in [-0.15, -0.1) is 0 Å². The first-order valence-corrected chi connectivity index (χ1v) is 11.3. The number of hydrogen-bond donors (Lipinski definition) is 2. The van der Waals surface area contributed by atoms with E-state index in [0.717, 1.165) is 50.5 Å². The highest BCUT2D eigenvalue weighted by atomic mass is 19.1. The van der Waals surface area contributed by atoms with E-state index < -0.39 is 0 Å². The van der Waals surface area contributed by atoms with E-state index in [4.69, 9.17) is 0 Å². The van der Waals surface area contributed by atoms with Crippen molar-refractivity contribution in [3.63, 3.8) is 0 Å². The number of rotatable bonds is 10. The lowest BCUT2D eigenvalue weighted by molar-refractivity contribution is 0.101. The standard InChI is InChI=1S/C26H34FN3O/c1-3-26(29-25-7-4-6-23(19-25)20(2)31)28-14-5-15-30-16-12-22(13-17-30)18-21-8-10-24(27)11-9-21/h3-4,6-11,19,22,28-29H,5,12-18H2,1-2H3. The van der Waals surface area contributed by atoms with Gasteiger partial charge in [-0.25, -0.2) is 4.39 Å². The van der Waals surface area contributed by atoms with Crippen LogP contribution in [0.1, 0.15) is 49.0 Å². The van der Waals surface area contributed by atoms with Gasteiger partial charge in [0.2, 0.25) is 0 Å². The van der Waals surface area contributed by atoms with E-state index in [1.54, 1.807) is 19.1 Å². The highest BCUT2D eigenvalue weighted by molar-refractivity contribution is 5.94. The molecule has 5 heteroatoms. The van der Waals surface area contributed by atoms with Gasteiger partial charge in [0.25, 0.3) is 0 Å². The summed E-state index contributed by atoms with van der Waals surface area (Å²) in [6, 6.07) is 14.5. The van der Waals surface area contributed by atoms with Crippen LogP contribution in [0, 0.1) is 11.7 Å². The second-order valence-corrected chi connectivity index (χ2v) is 8.36. The first kappa shape index (κ1) is 23.0. The molecule has 2 aromatic rings. The van der Waals surface area contributed by atoms with Crippen LogP contribution in [0.4, 0.5) is 10.1 Å². The summed E-state index contributed by atoms with van der Waals surface area (Å²) in [6.45, 7) is 7.84. The minimum atomic E-state index is -0.159. The van der Waals surface area contributed by atoms with Gasteiger partial charge < -0.3 is 15.5 Å². The Morgan fingerprint density at radius 3 is 2.58 bits per heavy atom. The molecule has 4 nitrogen and oxygen atoms in total. The summed E-state index contributed by atoms with van der Waals surface area (Å²) >= 11 is 0. The zero-order chi connectivity index (χ0) is 22.1. The highest BCUT2D eigenvalue weighted by Crippen LogP contribution is 2.22. The Balaban J connectivity index is 1.33. The lowest BCUT2D eigenvalue weighted by atomic mass is 9.90. The number of likely N-dealkylation sites (tertiary alicyclic amines) is 1. The van der Waals surface area contributed by atoms with Crippen LogP contribution in [0.2, 0.25) is 0 Å². The van der Waals surface area contributed by atoms with Crippen molar-refractivity contribution < 1.29 is 9.18 Å². The summed E-state index contributed by atoms with van der Waals surface area (Å²) in [4.78, 5) is 14.1. The lowest BCUT2D eigenvalue weighted by Crippen LogP contribution is -2.36. The van der Waals surface area contributed by atoms with Crippen LogP contribution in [0.3, 0.4) is 0 Å². The second-order valence-electron chi connectivity index (χ2n) is 8.36. The normalized spacial score (nSPS) is 15.6. The summed E-state index contributed by atoms with van der Waals surface area (Å²) in [5.74, 6) is 1.57. The van der Waals surface area contributed by atoms with E-state index in [2.05, 4.69) is 15.5 Å². The van der Waals surface area contributed by atoms with E-state index in [0.29, 0.717) is 11.5 Å². The predicted octanol–water partition coefficient (Wildman–Crippen LogP) is 5.24. The molecule has 0 aliphatic carbocycles. The highest BCUT2D eigenvalue weighted by Gasteiger charge is 2.19. The molecule has 1 aliphatic rings. The third-order valence-corrected chi connectivity index (χ3v) is 5.95. The number of hydrogen-bond acceptors (Lipinski definition) is 4. The molecule has 0 bridgehead atoms. The summed E-state index contributed by atoms with van der Waals surface area (Å²) in [5.41, 5.74) is 2.86. The van der Waals surface area contributed by atoms with E-state index in [9.17, 15) is 9.18 Å². The summed E-state index contributed by atoms with van der Waals surface area (Å²) < 4.78 is 13.1. The van der Waals surface area contributed by atoms with Crippen molar-refractivity contribution in [2.24, 2.45) is 5.92 Å². The third-order valence-electron chi connectivity index (χ3n) is 5.95. The van der Waals surface area contributed by atoms with Crippen molar-refractivity contribution in [1.29, 1.82) is 0 Å². The van der Waals surface area contributed by atoms with Crippen LogP contribution >= 0.6 is 0 Å². The number of ketones is 1. The number of anilines is 1. The van der Waals surface area contributed by atoms with Gasteiger partial charge in [0.05, 0.1) is 5.82 Å². The average molecular weight is 424 g/mol. The number of carbonyl (C=O) groups excluding carboxylic acids is 1. The van der Waals surface area contributed by atoms with Gasteiger partial charge >= 0.3 is 0 Å². The van der Waals surface area contributed by atoms with Gasteiger partial charge in [0, 0.05) is 17.8 Å². The molecule has 31 heavy (non-hydrogen) atoms. The number of carbonyl (C=O) groups is 1. The Labute approximate surface area is 185 Å². The molecule has 1 aliphatic heterocycles. The van der Waals surface area contributed by atoms with E-state index in [1.165, 1.54) is 18.4 Å². The molecule has 2 N–H and O–H groups in total. The molecule has 1 saturated heterocycles. The number of benzene rings is 2. The Morgan fingerprint density at radius 2 is 1.90 bits per heavy atom. The smallest absolute Gasteiger partial charge is 0.159 e. The summed E-state index contributed by atoms with van der Waals surface area (Å²) in [7, 11) is 0. The molecular formula is C26H34FN3O. The fourth-order valence-electron chi connectivity index (χ4n) is 4.08. The largest absolute Gasteiger partial charge is 0.372 e. The molecule has 1 heterocycles. The molecule has 166 valence electrons. The van der Waals surface area contributed by atoms with Crippen LogP contribution in [-0.2, 0) is 6.42 Å². The first-order valence-electron chi connectivity index (χ1n) is 11.3. The second kappa shape index (κ2) is 11.7. The predicted molar refractivity (Wildman–Crippen MR) is 126 cm³/mol. The van der Waals surface area contributed by atoms with Crippen molar-refractivity contribution in [2.75, 3.05) is 31.5 Å².